The van der Waals surface area contributed by atoms with Crippen molar-refractivity contribution >= 4 is 34.8 Å². The zero-order valence-electron chi connectivity index (χ0n) is 15.1. The average Bonchev–Trinajstić information content (AvgIpc) is 3.17. The highest BCUT2D eigenvalue weighted by Gasteiger charge is 2.21. The Hall–Kier alpha value is -3.66. The first-order valence-electron chi connectivity index (χ1n) is 8.32. The number of amidine groups is 1. The quantitative estimate of drug-likeness (QED) is 0.244. The molecule has 1 heterocycles. The van der Waals surface area contributed by atoms with Crippen LogP contribution in [0.1, 0.15) is 11.3 Å². The highest BCUT2D eigenvalue weighted by molar-refractivity contribution is 6.31. The number of nitrogens with one attached hydrogen (secondary N) is 2. The molecule has 1 aromatic heterocycles. The van der Waals surface area contributed by atoms with Gasteiger partial charge in [-0.2, -0.15) is 0 Å². The van der Waals surface area contributed by atoms with E-state index >= 15 is 0 Å². The fourth-order valence-electron chi connectivity index (χ4n) is 2.37. The summed E-state index contributed by atoms with van der Waals surface area (Å²) in [4.78, 5) is 12.4. The molecule has 0 spiro atoms. The molecule has 0 aliphatic carbocycles. The van der Waals surface area contributed by atoms with E-state index in [1.807, 2.05) is 30.3 Å². The Morgan fingerprint density at radius 3 is 2.72 bits per heavy atom. The van der Waals surface area contributed by atoms with Gasteiger partial charge < -0.3 is 10.5 Å². The van der Waals surface area contributed by atoms with Gasteiger partial charge in [-0.3, -0.25) is 15.2 Å². The van der Waals surface area contributed by atoms with E-state index in [1.54, 1.807) is 0 Å². The lowest BCUT2D eigenvalue weighted by molar-refractivity contribution is -0.128. The minimum absolute atomic E-state index is 0.00712. The van der Waals surface area contributed by atoms with Crippen LogP contribution in [0.3, 0.4) is 0 Å². The van der Waals surface area contributed by atoms with Gasteiger partial charge in [-0.25, -0.2) is 9.02 Å². The van der Waals surface area contributed by atoms with E-state index in [9.17, 15) is 14.4 Å². The Morgan fingerprint density at radius 1 is 1.28 bits per heavy atom. The van der Waals surface area contributed by atoms with Crippen LogP contribution in [0.15, 0.2) is 58.3 Å². The van der Waals surface area contributed by atoms with Gasteiger partial charge in [-0.05, 0) is 34.1 Å². The standard InChI is InChI=1S/C18H16ClFN6O3/c1-26(15(27)9-11-5-3-2-4-6-11)22-18-16(24-29-25-18)17(23-28)21-12-7-8-14(20)13(19)10-12/h2-8,10,28H,9H2,1H3,(H,21,23)(H,22,25). The van der Waals surface area contributed by atoms with Gasteiger partial charge in [0.15, 0.2) is 5.69 Å². The van der Waals surface area contributed by atoms with Gasteiger partial charge in [0.1, 0.15) is 5.82 Å². The monoisotopic (exact) mass is 418 g/mol. The van der Waals surface area contributed by atoms with Crippen molar-refractivity contribution in [1.29, 1.82) is 0 Å². The first-order valence-corrected chi connectivity index (χ1v) is 8.70. The predicted octanol–water partition coefficient (Wildman–Crippen LogP) is 3.14. The van der Waals surface area contributed by atoms with Crippen LogP contribution in [0.4, 0.5) is 15.9 Å². The minimum Gasteiger partial charge on any atom is -0.409 e. The van der Waals surface area contributed by atoms with Crippen molar-refractivity contribution in [2.75, 3.05) is 17.8 Å². The van der Waals surface area contributed by atoms with Crippen LogP contribution >= 0.6 is 11.6 Å². The van der Waals surface area contributed by atoms with E-state index in [-0.39, 0.29) is 34.7 Å². The van der Waals surface area contributed by atoms with E-state index < -0.39 is 5.82 Å². The smallest absolute Gasteiger partial charge is 0.245 e. The summed E-state index contributed by atoms with van der Waals surface area (Å²) in [5.74, 6) is -0.961. The Kier molecular flexibility index (Phi) is 6.25. The maximum absolute atomic E-state index is 13.3. The number of benzene rings is 2. The second-order valence-electron chi connectivity index (χ2n) is 5.89. The second-order valence-corrected chi connectivity index (χ2v) is 6.30. The van der Waals surface area contributed by atoms with Crippen molar-refractivity contribution < 1.29 is 19.0 Å². The van der Waals surface area contributed by atoms with Crippen LogP contribution in [0.2, 0.25) is 5.02 Å². The molecule has 11 heteroatoms. The first-order chi connectivity index (χ1) is 14.0. The molecule has 29 heavy (non-hydrogen) atoms. The molecule has 9 nitrogen and oxygen atoms in total. The second kappa shape index (κ2) is 9.02. The van der Waals surface area contributed by atoms with Crippen molar-refractivity contribution in [3.63, 3.8) is 0 Å². The predicted molar refractivity (Wildman–Crippen MR) is 104 cm³/mol. The lowest BCUT2D eigenvalue weighted by atomic mass is 10.1. The largest absolute Gasteiger partial charge is 0.409 e. The van der Waals surface area contributed by atoms with Gasteiger partial charge in [0.2, 0.25) is 17.6 Å². The molecule has 0 bridgehead atoms. The molecule has 0 aliphatic rings. The lowest BCUT2D eigenvalue weighted by Crippen LogP contribution is -2.34. The van der Waals surface area contributed by atoms with Gasteiger partial charge in [0, 0.05) is 12.7 Å². The molecule has 0 unspecified atom stereocenters. The topological polar surface area (TPSA) is 116 Å². The summed E-state index contributed by atoms with van der Waals surface area (Å²) in [6.45, 7) is 0. The summed E-state index contributed by atoms with van der Waals surface area (Å²) in [5.41, 5.74) is 3.91. The Balaban J connectivity index is 1.71. The number of amides is 1. The van der Waals surface area contributed by atoms with Crippen LogP contribution in [0.5, 0.6) is 0 Å². The SMILES string of the molecule is CN(Nc1nonc1/C(=N/O)Nc1ccc(F)c(Cl)c1)C(=O)Cc1ccccc1. The zero-order chi connectivity index (χ0) is 20.8. The van der Waals surface area contributed by atoms with Gasteiger partial charge in [-0.15, -0.1) is 0 Å². The molecule has 0 aliphatic heterocycles. The maximum atomic E-state index is 13.3. The molecule has 0 radical (unpaired) electrons. The fraction of sp³-hybridized carbons (Fsp3) is 0.111. The lowest BCUT2D eigenvalue weighted by Gasteiger charge is -2.18. The highest BCUT2D eigenvalue weighted by Crippen LogP contribution is 2.21. The fourth-order valence-corrected chi connectivity index (χ4v) is 2.55. The van der Waals surface area contributed by atoms with Gasteiger partial charge in [0.05, 0.1) is 11.4 Å². The normalized spacial score (nSPS) is 11.2. The summed E-state index contributed by atoms with van der Waals surface area (Å²) < 4.78 is 18.0. The first kappa shape index (κ1) is 20.1. The average molecular weight is 419 g/mol. The van der Waals surface area contributed by atoms with Crippen LogP contribution in [0, 0.1) is 5.82 Å². The molecule has 1 amide bonds. The third kappa shape index (κ3) is 4.99. The number of hydrogen-bond acceptors (Lipinski definition) is 7. The number of aromatic nitrogens is 2. The Morgan fingerprint density at radius 2 is 2.03 bits per heavy atom. The molecule has 3 N–H and O–H groups in total. The number of hydrogen-bond donors (Lipinski definition) is 3. The van der Waals surface area contributed by atoms with E-state index in [2.05, 4.69) is 30.8 Å². The third-order valence-corrected chi connectivity index (χ3v) is 4.13. The van der Waals surface area contributed by atoms with Crippen LogP contribution in [-0.4, -0.2) is 39.3 Å². The molecule has 0 atom stereocenters. The number of hydrazine groups is 1. The van der Waals surface area contributed by atoms with Gasteiger partial charge >= 0.3 is 0 Å². The number of carbonyl (C=O) groups is 1. The highest BCUT2D eigenvalue weighted by atomic mass is 35.5. The van der Waals surface area contributed by atoms with Gasteiger partial charge in [-0.1, -0.05) is 47.1 Å². The molecular weight excluding hydrogens is 403 g/mol. The molecule has 3 aromatic rings. The number of carbonyl (C=O) groups excluding carboxylic acids is 1. The van der Waals surface area contributed by atoms with Crippen LogP contribution in [-0.2, 0) is 11.2 Å². The van der Waals surface area contributed by atoms with Crippen molar-refractivity contribution in [3.05, 3.63) is 70.6 Å². The summed E-state index contributed by atoms with van der Waals surface area (Å²) in [6.07, 6.45) is 0.165. The Labute approximate surface area is 169 Å². The van der Waals surface area contributed by atoms with Crippen molar-refractivity contribution in [3.8, 4) is 0 Å². The van der Waals surface area contributed by atoms with Crippen molar-refractivity contribution in [2.45, 2.75) is 6.42 Å². The summed E-state index contributed by atoms with van der Waals surface area (Å²) >= 11 is 5.75. The number of anilines is 2. The number of likely N-dealkylation sites (N-methyl/N-ethyl adjacent to an activating group) is 1. The molecule has 0 saturated carbocycles. The molecule has 3 rings (SSSR count). The van der Waals surface area contributed by atoms with Gasteiger partial charge in [0.25, 0.3) is 0 Å². The molecule has 150 valence electrons. The minimum atomic E-state index is -0.594. The van der Waals surface area contributed by atoms with E-state index in [0.29, 0.717) is 5.69 Å². The van der Waals surface area contributed by atoms with Crippen molar-refractivity contribution in [1.82, 2.24) is 15.3 Å². The molecule has 0 saturated heterocycles. The molecular formula is C18H16ClFN6O3. The Bertz CT molecular complexity index is 1030. The number of oxime groups is 1. The molecule has 2 aromatic carbocycles. The van der Waals surface area contributed by atoms with Crippen LogP contribution in [0.25, 0.3) is 0 Å². The van der Waals surface area contributed by atoms with E-state index in [4.69, 9.17) is 11.6 Å². The third-order valence-electron chi connectivity index (χ3n) is 3.84. The molecule has 0 fully saturated rings. The number of halogens is 2. The van der Waals surface area contributed by atoms with E-state index in [1.165, 1.54) is 24.2 Å². The number of nitrogens with zero attached hydrogens (tertiary/aromatic N) is 4. The number of rotatable bonds is 6. The summed E-state index contributed by atoms with van der Waals surface area (Å²) in [7, 11) is 1.51. The van der Waals surface area contributed by atoms with E-state index in [0.717, 1.165) is 11.6 Å². The van der Waals surface area contributed by atoms with Crippen LogP contribution < -0.4 is 10.7 Å². The summed E-state index contributed by atoms with van der Waals surface area (Å²) in [6, 6.07) is 13.1. The zero-order valence-corrected chi connectivity index (χ0v) is 15.9. The summed E-state index contributed by atoms with van der Waals surface area (Å²) in [5, 5.41) is 23.6. The van der Waals surface area contributed by atoms with Crippen molar-refractivity contribution in [2.24, 2.45) is 5.16 Å². The maximum Gasteiger partial charge on any atom is 0.245 e.